The monoisotopic (exact) mass is 104 g/mol. The molecular weight excluding hydrogens is 89.9 g/mol. The molecular formula is C5H14Li2O. The van der Waals surface area contributed by atoms with E-state index < -0.39 is 5.60 Å². The second-order valence-corrected chi connectivity index (χ2v) is 2.17. The van der Waals surface area contributed by atoms with Crippen LogP contribution in [0.4, 0.5) is 0 Å². The van der Waals surface area contributed by atoms with Crippen LogP contribution in [-0.4, -0.2) is 47.3 Å². The van der Waals surface area contributed by atoms with Crippen LogP contribution in [0.25, 0.3) is 0 Å². The van der Waals surface area contributed by atoms with E-state index in [-0.39, 0.29) is 18.9 Å². The van der Waals surface area contributed by atoms with Gasteiger partial charge in [0.05, 0.1) is 5.60 Å². The van der Waals surface area contributed by atoms with Crippen molar-refractivity contribution in [2.75, 3.05) is 0 Å². The van der Waals surface area contributed by atoms with Crippen molar-refractivity contribution >= 4 is 36.6 Å². The third kappa shape index (κ3) is 203. The first-order chi connectivity index (χ1) is 3.00. The summed E-state index contributed by atoms with van der Waals surface area (Å²) in [6.45, 7) is 5.23. The van der Waals surface area contributed by atoms with Crippen LogP contribution in [0.2, 0.25) is 5.60 Å². The van der Waals surface area contributed by atoms with Crippen molar-refractivity contribution in [1.82, 2.24) is 0 Å². The molecule has 3 heteroatoms. The molecule has 0 heterocycles. The summed E-state index contributed by atoms with van der Waals surface area (Å²) in [6.07, 6.45) is 0. The maximum absolute atomic E-state index is 8.52. The average Bonchev–Trinajstić information content (AvgIpc) is 1.36. The van der Waals surface area contributed by atoms with Crippen LogP contribution in [0.15, 0.2) is 0 Å². The molecule has 0 unspecified atom stereocenters. The predicted molar refractivity (Wildman–Crippen MR) is 40.7 cm³/mol. The van der Waals surface area contributed by atoms with Crippen molar-refractivity contribution in [3.05, 3.63) is 0 Å². The summed E-state index contributed by atoms with van der Waals surface area (Å²) in [4.78, 5) is 0. The molecule has 8 heavy (non-hydrogen) atoms. The zero-order valence-electron chi connectivity index (χ0n) is 5.95. The molecule has 0 spiro atoms. The van der Waals surface area contributed by atoms with Crippen molar-refractivity contribution < 1.29 is 5.11 Å². The molecule has 1 nitrogen and oxygen atoms in total. The molecule has 0 aliphatic heterocycles. The molecule has 0 aliphatic rings. The van der Waals surface area contributed by atoms with Gasteiger partial charge in [0.25, 0.3) is 0 Å². The van der Waals surface area contributed by atoms with Crippen LogP contribution in [0.3, 0.4) is 0 Å². The minimum absolute atomic E-state index is 0. The van der Waals surface area contributed by atoms with Crippen LogP contribution < -0.4 is 0 Å². The average molecular weight is 104 g/mol. The van der Waals surface area contributed by atoms with Gasteiger partial charge in [-0.15, -0.1) is 0 Å². The van der Waals surface area contributed by atoms with Gasteiger partial charge in [-0.2, -0.15) is 0 Å². The Kier molecular flexibility index (Phi) is 16.4. The van der Waals surface area contributed by atoms with Crippen molar-refractivity contribution in [1.29, 1.82) is 0 Å². The van der Waals surface area contributed by atoms with E-state index in [0.717, 1.165) is 0 Å². The van der Waals surface area contributed by atoms with Crippen LogP contribution in [0.5, 0.6) is 0 Å². The van der Waals surface area contributed by atoms with Crippen LogP contribution in [0, 0.1) is 0 Å². The summed E-state index contributed by atoms with van der Waals surface area (Å²) >= 11 is 2.00. The zero-order valence-corrected chi connectivity index (χ0v) is 5.95. The van der Waals surface area contributed by atoms with Gasteiger partial charge < -0.3 is 5.11 Å². The van der Waals surface area contributed by atoms with Gasteiger partial charge >= 0.3 is 42.2 Å². The molecule has 0 fully saturated rings. The predicted octanol–water partition coefficient (Wildman–Crippen LogP) is 0.332. The Labute approximate surface area is 73.6 Å². The van der Waals surface area contributed by atoms with Gasteiger partial charge in [-0.3, -0.25) is 0 Å². The van der Waals surface area contributed by atoms with Crippen LogP contribution in [-0.2, 0) is 0 Å². The van der Waals surface area contributed by atoms with Gasteiger partial charge in [0.2, 0.25) is 0 Å². The zero-order chi connectivity index (χ0) is 6.50. The van der Waals surface area contributed by atoms with E-state index in [1.165, 1.54) is 0 Å². The number of rotatable bonds is 0. The van der Waals surface area contributed by atoms with Crippen LogP contribution >= 0.6 is 0 Å². The SMILES string of the molecule is CC(C)(C)O.[LiH].[Li][CH3]. The molecule has 1 N–H and O–H groups in total. The van der Waals surface area contributed by atoms with Crippen molar-refractivity contribution in [2.45, 2.75) is 32.0 Å². The Hall–Kier alpha value is 1.15. The summed E-state index contributed by atoms with van der Waals surface area (Å²) in [5.41, 5.74) is 1.50. The quantitative estimate of drug-likeness (QED) is 0.439. The van der Waals surface area contributed by atoms with Gasteiger partial charge in [0.1, 0.15) is 0 Å². The minimum atomic E-state index is -0.500. The molecule has 0 radical (unpaired) electrons. The molecule has 0 aromatic rings. The first kappa shape index (κ1) is 16.1. The second kappa shape index (κ2) is 8.15. The summed E-state index contributed by atoms with van der Waals surface area (Å²) in [5.74, 6) is 0. The number of hydrogen-bond acceptors (Lipinski definition) is 1. The van der Waals surface area contributed by atoms with Crippen molar-refractivity contribution in [3.63, 3.8) is 0 Å². The van der Waals surface area contributed by atoms with E-state index in [0.29, 0.717) is 0 Å². The van der Waals surface area contributed by atoms with E-state index in [2.05, 4.69) is 0 Å². The van der Waals surface area contributed by atoms with E-state index in [1.54, 1.807) is 20.8 Å². The topological polar surface area (TPSA) is 20.2 Å². The molecule has 0 saturated heterocycles. The molecule has 0 amide bonds. The summed E-state index contributed by atoms with van der Waals surface area (Å²) in [5, 5.41) is 8.52. The van der Waals surface area contributed by atoms with Gasteiger partial charge in [0, 0.05) is 0 Å². The Balaban J connectivity index is -0.0000000750. The molecule has 0 aromatic heterocycles. The fourth-order valence-electron chi connectivity index (χ4n) is 0. The fraction of sp³-hybridized carbons (Fsp3) is 1.00. The standard InChI is InChI=1S/C4H10O.CH3.2Li.H/c1-4(2,3)5;;;;/h5H,1-3H3;1H3;;;. The van der Waals surface area contributed by atoms with E-state index in [9.17, 15) is 0 Å². The number of aliphatic hydroxyl groups is 1. The van der Waals surface area contributed by atoms with Gasteiger partial charge in [-0.25, -0.2) is 0 Å². The second-order valence-electron chi connectivity index (χ2n) is 2.17. The van der Waals surface area contributed by atoms with Gasteiger partial charge in [-0.05, 0) is 20.8 Å². The van der Waals surface area contributed by atoms with Gasteiger partial charge in [0.15, 0.2) is 0 Å². The van der Waals surface area contributed by atoms with Crippen molar-refractivity contribution in [2.24, 2.45) is 0 Å². The maximum atomic E-state index is 8.52. The Morgan fingerprint density at radius 2 is 1.12 bits per heavy atom. The third-order valence-corrected chi connectivity index (χ3v) is 0. The van der Waals surface area contributed by atoms with Crippen LogP contribution in [0.1, 0.15) is 20.8 Å². The summed E-state index contributed by atoms with van der Waals surface area (Å²) < 4.78 is 0. The third-order valence-electron chi connectivity index (χ3n) is 0. The molecule has 0 rings (SSSR count). The first-order valence-corrected chi connectivity index (χ1v) is 2.72. The van der Waals surface area contributed by atoms with E-state index in [4.69, 9.17) is 5.11 Å². The van der Waals surface area contributed by atoms with E-state index >= 15 is 0 Å². The Morgan fingerprint density at radius 1 is 1.12 bits per heavy atom. The fourth-order valence-corrected chi connectivity index (χ4v) is 0. The Bertz CT molecular complexity index is 25.9. The molecule has 0 saturated carbocycles. The molecule has 0 aromatic carbocycles. The summed E-state index contributed by atoms with van der Waals surface area (Å²) in [7, 11) is 0. The van der Waals surface area contributed by atoms with Crippen molar-refractivity contribution in [3.8, 4) is 0 Å². The molecule has 0 bridgehead atoms. The molecule has 0 aliphatic carbocycles. The van der Waals surface area contributed by atoms with E-state index in [1.807, 2.05) is 23.3 Å². The first-order valence-electron chi connectivity index (χ1n) is 2.72. The normalized spacial score (nSPS) is 8.38. The Morgan fingerprint density at radius 3 is 1.12 bits per heavy atom. The molecule has 0 atom stereocenters. The molecule has 42 valence electrons. The number of hydrogen-bond donors (Lipinski definition) is 1. The summed E-state index contributed by atoms with van der Waals surface area (Å²) in [6, 6.07) is 0. The van der Waals surface area contributed by atoms with Gasteiger partial charge in [-0.1, -0.05) is 0 Å².